The van der Waals surface area contributed by atoms with Crippen LogP contribution < -0.4 is 0 Å². The molecule has 0 saturated carbocycles. The highest BCUT2D eigenvalue weighted by atomic mass is 79.9. The number of halogens is 2. The summed E-state index contributed by atoms with van der Waals surface area (Å²) in [6.45, 7) is 1.52. The van der Waals surface area contributed by atoms with E-state index in [0.717, 1.165) is 19.4 Å². The van der Waals surface area contributed by atoms with Crippen LogP contribution >= 0.6 is 15.9 Å². The van der Waals surface area contributed by atoms with E-state index in [4.69, 9.17) is 0 Å². The predicted molar refractivity (Wildman–Crippen MR) is 76.7 cm³/mol. The molecule has 1 amide bonds. The molecule has 1 fully saturated rings. The zero-order valence-corrected chi connectivity index (χ0v) is 12.8. The number of benzene rings is 1. The van der Waals surface area contributed by atoms with Crippen LogP contribution in [0.3, 0.4) is 0 Å². The number of likely N-dealkylation sites (tertiary alicyclic amines) is 1. The van der Waals surface area contributed by atoms with Crippen molar-refractivity contribution < 1.29 is 9.18 Å². The number of carbonyl (C=O) groups is 1. The van der Waals surface area contributed by atoms with Gasteiger partial charge in [-0.15, -0.1) is 0 Å². The lowest BCUT2D eigenvalue weighted by Crippen LogP contribution is -2.41. The Labute approximate surface area is 121 Å². The first-order chi connectivity index (χ1) is 9.00. The van der Waals surface area contributed by atoms with Crippen molar-refractivity contribution in [3.63, 3.8) is 0 Å². The first-order valence-electron chi connectivity index (χ1n) is 6.40. The number of hydrogen-bond acceptors (Lipinski definition) is 2. The van der Waals surface area contributed by atoms with E-state index in [-0.39, 0.29) is 17.5 Å². The van der Waals surface area contributed by atoms with Gasteiger partial charge in [0.1, 0.15) is 5.82 Å². The monoisotopic (exact) mass is 328 g/mol. The zero-order chi connectivity index (χ0) is 14.0. The number of rotatable bonds is 3. The molecular weight excluding hydrogens is 311 g/mol. The second-order valence-corrected chi connectivity index (χ2v) is 6.01. The highest BCUT2D eigenvalue weighted by Crippen LogP contribution is 2.26. The summed E-state index contributed by atoms with van der Waals surface area (Å²) in [5.74, 6) is -0.677. The first kappa shape index (κ1) is 14.5. The third-order valence-corrected chi connectivity index (χ3v) is 4.05. The fraction of sp³-hybridized carbons (Fsp3) is 0.500. The van der Waals surface area contributed by atoms with E-state index in [2.05, 4.69) is 20.8 Å². The summed E-state index contributed by atoms with van der Waals surface area (Å²) in [4.78, 5) is 16.4. The molecule has 0 spiro atoms. The van der Waals surface area contributed by atoms with E-state index in [1.807, 2.05) is 14.1 Å². The van der Waals surface area contributed by atoms with Gasteiger partial charge in [-0.3, -0.25) is 4.79 Å². The van der Waals surface area contributed by atoms with Gasteiger partial charge in [-0.2, -0.15) is 0 Å². The maximum atomic E-state index is 13.9. The molecule has 0 N–H and O–H groups in total. The lowest BCUT2D eigenvalue weighted by Gasteiger charge is -2.27. The Balaban J connectivity index is 2.23. The summed E-state index contributed by atoms with van der Waals surface area (Å²) in [5, 5.41) is 0. The van der Waals surface area contributed by atoms with Crippen molar-refractivity contribution in [2.45, 2.75) is 18.9 Å². The lowest BCUT2D eigenvalue weighted by atomic mass is 10.1. The van der Waals surface area contributed by atoms with Gasteiger partial charge in [-0.1, -0.05) is 6.07 Å². The molecule has 1 aliphatic rings. The molecule has 19 heavy (non-hydrogen) atoms. The van der Waals surface area contributed by atoms with Gasteiger partial charge in [0.05, 0.1) is 5.56 Å². The fourth-order valence-corrected chi connectivity index (χ4v) is 3.07. The molecule has 104 valence electrons. The molecule has 1 heterocycles. The Hall–Kier alpha value is -0.940. The molecule has 1 aromatic carbocycles. The van der Waals surface area contributed by atoms with Gasteiger partial charge >= 0.3 is 0 Å². The van der Waals surface area contributed by atoms with E-state index in [9.17, 15) is 9.18 Å². The average molecular weight is 329 g/mol. The van der Waals surface area contributed by atoms with Crippen molar-refractivity contribution in [1.82, 2.24) is 9.80 Å². The van der Waals surface area contributed by atoms with Gasteiger partial charge in [-0.25, -0.2) is 4.39 Å². The molecule has 1 aliphatic heterocycles. The summed E-state index contributed by atoms with van der Waals surface area (Å²) in [6.07, 6.45) is 1.96. The van der Waals surface area contributed by atoms with Crippen LogP contribution in [0.1, 0.15) is 23.2 Å². The van der Waals surface area contributed by atoms with Crippen molar-refractivity contribution in [3.8, 4) is 0 Å². The molecule has 1 saturated heterocycles. The van der Waals surface area contributed by atoms with Crippen LogP contribution in [0.2, 0.25) is 0 Å². The molecule has 1 aromatic rings. The predicted octanol–water partition coefficient (Wildman–Crippen LogP) is 2.75. The Kier molecular flexibility index (Phi) is 4.58. The molecule has 0 aromatic heterocycles. The molecular formula is C14H18BrFN2O. The number of amides is 1. The second kappa shape index (κ2) is 6.01. The summed E-state index contributed by atoms with van der Waals surface area (Å²) < 4.78 is 14.4. The van der Waals surface area contributed by atoms with Crippen LogP contribution in [-0.2, 0) is 0 Å². The minimum Gasteiger partial charge on any atom is -0.334 e. The van der Waals surface area contributed by atoms with Crippen LogP contribution in [0, 0.1) is 5.82 Å². The van der Waals surface area contributed by atoms with E-state index in [0.29, 0.717) is 11.0 Å². The summed E-state index contributed by atoms with van der Waals surface area (Å²) in [6, 6.07) is 4.80. The Morgan fingerprint density at radius 3 is 2.89 bits per heavy atom. The smallest absolute Gasteiger partial charge is 0.258 e. The molecule has 5 heteroatoms. The minimum atomic E-state index is -0.463. The zero-order valence-electron chi connectivity index (χ0n) is 11.2. The van der Waals surface area contributed by atoms with Gasteiger partial charge in [0.2, 0.25) is 0 Å². The average Bonchev–Trinajstić information content (AvgIpc) is 2.75. The van der Waals surface area contributed by atoms with Crippen LogP contribution in [0.5, 0.6) is 0 Å². The maximum absolute atomic E-state index is 13.9. The number of carbonyl (C=O) groups excluding carboxylic acids is 1. The largest absolute Gasteiger partial charge is 0.334 e. The normalized spacial score (nSPS) is 19.2. The minimum absolute atomic E-state index is 0.146. The van der Waals surface area contributed by atoms with Crippen LogP contribution in [-0.4, -0.2) is 48.9 Å². The number of hydrogen-bond donors (Lipinski definition) is 0. The summed E-state index contributed by atoms with van der Waals surface area (Å²) >= 11 is 3.27. The molecule has 0 radical (unpaired) electrons. The third kappa shape index (κ3) is 3.15. The van der Waals surface area contributed by atoms with Crippen LogP contribution in [0.4, 0.5) is 4.39 Å². The van der Waals surface area contributed by atoms with Crippen molar-refractivity contribution in [3.05, 3.63) is 34.1 Å². The molecule has 1 unspecified atom stereocenters. The standard InChI is InChI=1S/C14H18BrFN2O/c1-17(2)9-10-5-4-8-18(10)14(19)13-11(15)6-3-7-12(13)16/h3,6-7,10H,4-5,8-9H2,1-2H3. The Bertz CT molecular complexity index is 458. The highest BCUT2D eigenvalue weighted by Gasteiger charge is 2.31. The van der Waals surface area contributed by atoms with E-state index < -0.39 is 5.82 Å². The van der Waals surface area contributed by atoms with Crippen molar-refractivity contribution >= 4 is 21.8 Å². The number of likely N-dealkylation sites (N-methyl/N-ethyl adjacent to an activating group) is 1. The van der Waals surface area contributed by atoms with E-state index >= 15 is 0 Å². The quantitative estimate of drug-likeness (QED) is 0.851. The molecule has 2 rings (SSSR count). The number of nitrogens with zero attached hydrogens (tertiary/aromatic N) is 2. The van der Waals surface area contributed by atoms with Gasteiger partial charge in [-0.05, 0) is 55.0 Å². The Morgan fingerprint density at radius 2 is 2.26 bits per heavy atom. The van der Waals surface area contributed by atoms with Gasteiger partial charge in [0.15, 0.2) is 0 Å². The van der Waals surface area contributed by atoms with Crippen molar-refractivity contribution in [2.75, 3.05) is 27.2 Å². The van der Waals surface area contributed by atoms with Crippen LogP contribution in [0.25, 0.3) is 0 Å². The SMILES string of the molecule is CN(C)CC1CCCN1C(=O)c1c(F)cccc1Br. The maximum Gasteiger partial charge on any atom is 0.258 e. The van der Waals surface area contributed by atoms with Crippen molar-refractivity contribution in [1.29, 1.82) is 0 Å². The first-order valence-corrected chi connectivity index (χ1v) is 7.19. The van der Waals surface area contributed by atoms with Gasteiger partial charge in [0, 0.05) is 23.6 Å². The topological polar surface area (TPSA) is 23.6 Å². The van der Waals surface area contributed by atoms with Gasteiger partial charge in [0.25, 0.3) is 5.91 Å². The highest BCUT2D eigenvalue weighted by molar-refractivity contribution is 9.10. The molecule has 3 nitrogen and oxygen atoms in total. The summed E-state index contributed by atoms with van der Waals surface area (Å²) in [5.41, 5.74) is 0.146. The van der Waals surface area contributed by atoms with E-state index in [1.54, 1.807) is 17.0 Å². The lowest BCUT2D eigenvalue weighted by molar-refractivity contribution is 0.0711. The van der Waals surface area contributed by atoms with Crippen LogP contribution in [0.15, 0.2) is 22.7 Å². The molecule has 1 atom stereocenters. The van der Waals surface area contributed by atoms with Crippen molar-refractivity contribution in [2.24, 2.45) is 0 Å². The molecule has 0 bridgehead atoms. The third-order valence-electron chi connectivity index (χ3n) is 3.39. The Morgan fingerprint density at radius 1 is 1.53 bits per heavy atom. The van der Waals surface area contributed by atoms with E-state index in [1.165, 1.54) is 6.07 Å². The van der Waals surface area contributed by atoms with Gasteiger partial charge < -0.3 is 9.80 Å². The molecule has 0 aliphatic carbocycles. The summed E-state index contributed by atoms with van der Waals surface area (Å²) in [7, 11) is 3.97. The fourth-order valence-electron chi connectivity index (χ4n) is 2.56. The second-order valence-electron chi connectivity index (χ2n) is 5.15.